The lowest BCUT2D eigenvalue weighted by molar-refractivity contribution is 0.222. The van der Waals surface area contributed by atoms with E-state index in [0.717, 1.165) is 26.1 Å². The Morgan fingerprint density at radius 3 is 2.56 bits per heavy atom. The Balaban J connectivity index is 1.32. The molecule has 1 atom stereocenters. The van der Waals surface area contributed by atoms with Gasteiger partial charge in [-0.05, 0) is 82.7 Å². The molecule has 3 rings (SSSR count). The summed E-state index contributed by atoms with van der Waals surface area (Å²) in [7, 11) is 0. The first-order chi connectivity index (χ1) is 12.3. The number of hydrogen-bond acceptors (Lipinski definition) is 4. The molecule has 1 aromatic rings. The quantitative estimate of drug-likeness (QED) is 0.662. The SMILES string of the molecule is O=C(NCCCCN1CCCC1)NCC(c1cccs1)N1CCCC1. The van der Waals surface area contributed by atoms with Crippen LogP contribution in [0.2, 0.25) is 0 Å². The zero-order valence-electron chi connectivity index (χ0n) is 15.2. The molecule has 2 amide bonds. The maximum atomic E-state index is 12.1. The van der Waals surface area contributed by atoms with Crippen molar-refractivity contribution >= 4 is 17.4 Å². The molecule has 0 bridgehead atoms. The standard InChI is InChI=1S/C19H32N4OS/c24-19(20-9-1-2-10-22-11-3-4-12-22)21-16-17(18-8-7-15-25-18)23-13-5-6-14-23/h7-8,15,17H,1-6,9-14,16H2,(H2,20,21,24). The number of likely N-dealkylation sites (tertiary alicyclic amines) is 2. The molecule has 1 aromatic heterocycles. The van der Waals surface area contributed by atoms with Gasteiger partial charge in [-0.3, -0.25) is 4.90 Å². The van der Waals surface area contributed by atoms with E-state index in [9.17, 15) is 4.79 Å². The maximum absolute atomic E-state index is 12.1. The van der Waals surface area contributed by atoms with Gasteiger partial charge in [-0.1, -0.05) is 6.07 Å². The predicted molar refractivity (Wildman–Crippen MR) is 104 cm³/mol. The van der Waals surface area contributed by atoms with Crippen molar-refractivity contribution in [2.24, 2.45) is 0 Å². The molecule has 140 valence electrons. The maximum Gasteiger partial charge on any atom is 0.314 e. The summed E-state index contributed by atoms with van der Waals surface area (Å²) in [5.41, 5.74) is 0. The lowest BCUT2D eigenvalue weighted by Crippen LogP contribution is -2.41. The molecule has 0 radical (unpaired) electrons. The normalized spacial score (nSPS) is 20.0. The van der Waals surface area contributed by atoms with Gasteiger partial charge in [0, 0.05) is 18.0 Å². The Morgan fingerprint density at radius 2 is 1.84 bits per heavy atom. The van der Waals surface area contributed by atoms with Crippen molar-refractivity contribution in [1.29, 1.82) is 0 Å². The molecule has 2 saturated heterocycles. The van der Waals surface area contributed by atoms with Crippen LogP contribution >= 0.6 is 11.3 Å². The summed E-state index contributed by atoms with van der Waals surface area (Å²) >= 11 is 1.79. The first-order valence-electron chi connectivity index (χ1n) is 9.84. The number of thiophene rings is 1. The number of nitrogens with one attached hydrogen (secondary N) is 2. The zero-order valence-corrected chi connectivity index (χ0v) is 16.0. The van der Waals surface area contributed by atoms with Gasteiger partial charge in [-0.2, -0.15) is 0 Å². The minimum atomic E-state index is -0.0260. The van der Waals surface area contributed by atoms with Gasteiger partial charge >= 0.3 is 6.03 Å². The average Bonchev–Trinajstić information content (AvgIpc) is 3.38. The van der Waals surface area contributed by atoms with E-state index in [2.05, 4.69) is 37.9 Å². The molecule has 0 aliphatic carbocycles. The Bertz CT molecular complexity index is 496. The van der Waals surface area contributed by atoms with E-state index in [1.54, 1.807) is 11.3 Å². The molecule has 5 nitrogen and oxygen atoms in total. The molecule has 0 aromatic carbocycles. The van der Waals surface area contributed by atoms with Crippen LogP contribution < -0.4 is 10.6 Å². The Labute approximate surface area is 155 Å². The van der Waals surface area contributed by atoms with Crippen LogP contribution in [-0.4, -0.2) is 61.6 Å². The van der Waals surface area contributed by atoms with Crippen LogP contribution in [0.4, 0.5) is 4.79 Å². The molecule has 2 aliphatic rings. The van der Waals surface area contributed by atoms with Crippen LogP contribution in [0.5, 0.6) is 0 Å². The highest BCUT2D eigenvalue weighted by Gasteiger charge is 2.24. The molecule has 2 N–H and O–H groups in total. The second kappa shape index (κ2) is 10.1. The summed E-state index contributed by atoms with van der Waals surface area (Å²) in [5.74, 6) is 0. The summed E-state index contributed by atoms with van der Waals surface area (Å²) in [6.45, 7) is 7.44. The highest BCUT2D eigenvalue weighted by atomic mass is 32.1. The topological polar surface area (TPSA) is 47.6 Å². The molecule has 2 aliphatic heterocycles. The largest absolute Gasteiger partial charge is 0.338 e. The Kier molecular flexibility index (Phi) is 7.57. The van der Waals surface area contributed by atoms with Crippen molar-refractivity contribution in [2.75, 3.05) is 45.8 Å². The number of hydrogen-bond donors (Lipinski definition) is 2. The number of urea groups is 1. The fourth-order valence-electron chi connectivity index (χ4n) is 3.86. The number of rotatable bonds is 9. The smallest absolute Gasteiger partial charge is 0.314 e. The zero-order chi connectivity index (χ0) is 17.3. The third kappa shape index (κ3) is 5.97. The van der Waals surface area contributed by atoms with Gasteiger partial charge < -0.3 is 15.5 Å². The minimum absolute atomic E-state index is 0.0260. The summed E-state index contributed by atoms with van der Waals surface area (Å²) in [4.78, 5) is 18.5. The second-order valence-corrected chi connectivity index (χ2v) is 8.15. The van der Waals surface area contributed by atoms with E-state index in [0.29, 0.717) is 12.6 Å². The molecule has 6 heteroatoms. The van der Waals surface area contributed by atoms with Gasteiger partial charge in [0.1, 0.15) is 0 Å². The summed E-state index contributed by atoms with van der Waals surface area (Å²) < 4.78 is 0. The van der Waals surface area contributed by atoms with Crippen LogP contribution in [0.1, 0.15) is 49.4 Å². The predicted octanol–water partition coefficient (Wildman–Crippen LogP) is 3.06. The van der Waals surface area contributed by atoms with Gasteiger partial charge in [0.25, 0.3) is 0 Å². The van der Waals surface area contributed by atoms with Crippen molar-refractivity contribution in [1.82, 2.24) is 20.4 Å². The third-order valence-electron chi connectivity index (χ3n) is 5.29. The molecule has 3 heterocycles. The molecular weight excluding hydrogens is 332 g/mol. The lowest BCUT2D eigenvalue weighted by Gasteiger charge is -2.27. The van der Waals surface area contributed by atoms with E-state index in [1.165, 1.54) is 56.6 Å². The summed E-state index contributed by atoms with van der Waals surface area (Å²) in [5, 5.41) is 8.22. The van der Waals surface area contributed by atoms with E-state index in [-0.39, 0.29) is 6.03 Å². The average molecular weight is 365 g/mol. The Morgan fingerprint density at radius 1 is 1.08 bits per heavy atom. The molecule has 1 unspecified atom stereocenters. The van der Waals surface area contributed by atoms with Gasteiger partial charge in [0.15, 0.2) is 0 Å². The molecule has 0 spiro atoms. The van der Waals surface area contributed by atoms with Gasteiger partial charge in [-0.15, -0.1) is 11.3 Å². The van der Waals surface area contributed by atoms with Crippen LogP contribution in [0.25, 0.3) is 0 Å². The number of carbonyl (C=O) groups is 1. The molecule has 25 heavy (non-hydrogen) atoms. The van der Waals surface area contributed by atoms with Gasteiger partial charge in [-0.25, -0.2) is 4.79 Å². The van der Waals surface area contributed by atoms with E-state index >= 15 is 0 Å². The van der Waals surface area contributed by atoms with E-state index in [1.807, 2.05) is 0 Å². The van der Waals surface area contributed by atoms with Crippen molar-refractivity contribution in [3.63, 3.8) is 0 Å². The van der Waals surface area contributed by atoms with Gasteiger partial charge in [0.2, 0.25) is 0 Å². The summed E-state index contributed by atoms with van der Waals surface area (Å²) in [6, 6.07) is 4.58. The number of nitrogens with zero attached hydrogens (tertiary/aromatic N) is 2. The number of amides is 2. The van der Waals surface area contributed by atoms with Crippen molar-refractivity contribution in [3.8, 4) is 0 Å². The number of carbonyl (C=O) groups excluding carboxylic acids is 1. The monoisotopic (exact) mass is 364 g/mol. The highest BCUT2D eigenvalue weighted by Crippen LogP contribution is 2.27. The lowest BCUT2D eigenvalue weighted by atomic mass is 10.2. The second-order valence-electron chi connectivity index (χ2n) is 7.17. The van der Waals surface area contributed by atoms with Crippen LogP contribution in [0.3, 0.4) is 0 Å². The Hall–Kier alpha value is -1.11. The van der Waals surface area contributed by atoms with Crippen molar-refractivity contribution < 1.29 is 4.79 Å². The van der Waals surface area contributed by atoms with Crippen molar-refractivity contribution in [3.05, 3.63) is 22.4 Å². The first-order valence-corrected chi connectivity index (χ1v) is 10.7. The van der Waals surface area contributed by atoms with E-state index in [4.69, 9.17) is 0 Å². The number of unbranched alkanes of at least 4 members (excludes halogenated alkanes) is 1. The van der Waals surface area contributed by atoms with Crippen molar-refractivity contribution in [2.45, 2.75) is 44.6 Å². The van der Waals surface area contributed by atoms with Crippen LogP contribution in [-0.2, 0) is 0 Å². The summed E-state index contributed by atoms with van der Waals surface area (Å²) in [6.07, 6.45) is 7.47. The molecular formula is C19H32N4OS. The molecule has 2 fully saturated rings. The third-order valence-corrected chi connectivity index (χ3v) is 6.27. The first kappa shape index (κ1) is 18.7. The fraction of sp³-hybridized carbons (Fsp3) is 0.737. The highest BCUT2D eigenvalue weighted by molar-refractivity contribution is 7.10. The minimum Gasteiger partial charge on any atom is -0.338 e. The van der Waals surface area contributed by atoms with E-state index < -0.39 is 0 Å². The van der Waals surface area contributed by atoms with Crippen LogP contribution in [0, 0.1) is 0 Å². The fourth-order valence-corrected chi connectivity index (χ4v) is 4.73. The van der Waals surface area contributed by atoms with Crippen LogP contribution in [0.15, 0.2) is 17.5 Å². The molecule has 0 saturated carbocycles. The van der Waals surface area contributed by atoms with Gasteiger partial charge in [0.05, 0.1) is 6.04 Å².